The van der Waals surface area contributed by atoms with Crippen LogP contribution in [0.5, 0.6) is 5.75 Å². The number of non-ortho nitro benzene ring substituents is 1. The lowest BCUT2D eigenvalue weighted by molar-refractivity contribution is -0.384. The van der Waals surface area contributed by atoms with Crippen molar-refractivity contribution in [2.75, 3.05) is 16.8 Å². The van der Waals surface area contributed by atoms with E-state index < -0.39 is 6.36 Å². The first-order chi connectivity index (χ1) is 18.1. The number of nitro benzene ring substituents is 1. The van der Waals surface area contributed by atoms with Gasteiger partial charge < -0.3 is 20.3 Å². The Morgan fingerprint density at radius 2 is 1.74 bits per heavy atom. The van der Waals surface area contributed by atoms with E-state index in [1.807, 2.05) is 12.1 Å². The van der Waals surface area contributed by atoms with E-state index in [4.69, 9.17) is 0 Å². The van der Waals surface area contributed by atoms with E-state index in [1.54, 1.807) is 12.1 Å². The van der Waals surface area contributed by atoms with Crippen molar-refractivity contribution in [2.24, 2.45) is 17.8 Å². The number of halogens is 3. The topological polar surface area (TPSA) is 96.7 Å². The number of amides is 2. The van der Waals surface area contributed by atoms with Crippen molar-refractivity contribution in [3.05, 3.63) is 58.6 Å². The molecular formula is C27H31F3N4O4. The molecule has 0 radical (unpaired) electrons. The first kappa shape index (κ1) is 26.1. The molecule has 3 aliphatic rings. The maximum absolute atomic E-state index is 12.7. The van der Waals surface area contributed by atoms with E-state index in [0.717, 1.165) is 57.2 Å². The SMILES string of the molecule is O=C(Nc1ccc(OC(F)(F)F)cc1)N[C@@H]1CCCC[C@H]1C[C@H]1C[C@@H]2C[C@H]1N(c1ccc([N+](=O)[O-])cc1)C2. The minimum absolute atomic E-state index is 0.0311. The number of hydrogen-bond donors (Lipinski definition) is 2. The largest absolute Gasteiger partial charge is 0.573 e. The molecule has 2 aromatic rings. The molecule has 2 saturated carbocycles. The van der Waals surface area contributed by atoms with Gasteiger partial charge in [0.15, 0.2) is 0 Å². The molecule has 11 heteroatoms. The monoisotopic (exact) mass is 532 g/mol. The van der Waals surface area contributed by atoms with E-state index in [0.29, 0.717) is 29.5 Å². The summed E-state index contributed by atoms with van der Waals surface area (Å²) in [6.45, 7) is 0.973. The highest BCUT2D eigenvalue weighted by molar-refractivity contribution is 5.89. The van der Waals surface area contributed by atoms with Gasteiger partial charge in [0.05, 0.1) is 4.92 Å². The van der Waals surface area contributed by atoms with Crippen molar-refractivity contribution in [3.8, 4) is 5.75 Å². The molecule has 2 bridgehead atoms. The quantitative estimate of drug-likeness (QED) is 0.314. The van der Waals surface area contributed by atoms with Gasteiger partial charge in [-0.15, -0.1) is 13.2 Å². The molecule has 2 amide bonds. The lowest BCUT2D eigenvalue weighted by Gasteiger charge is -2.39. The van der Waals surface area contributed by atoms with Crippen LogP contribution >= 0.6 is 0 Å². The number of rotatable bonds is 7. The zero-order chi connectivity index (χ0) is 26.9. The minimum Gasteiger partial charge on any atom is -0.406 e. The van der Waals surface area contributed by atoms with Crippen LogP contribution in [-0.4, -0.2) is 35.9 Å². The van der Waals surface area contributed by atoms with Crippen molar-refractivity contribution in [1.29, 1.82) is 0 Å². The van der Waals surface area contributed by atoms with E-state index in [9.17, 15) is 28.1 Å². The number of nitrogens with zero attached hydrogens (tertiary/aromatic N) is 2. The van der Waals surface area contributed by atoms with E-state index >= 15 is 0 Å². The number of piperidine rings is 1. The van der Waals surface area contributed by atoms with E-state index in [1.165, 1.54) is 24.3 Å². The van der Waals surface area contributed by atoms with E-state index in [2.05, 4.69) is 20.3 Å². The smallest absolute Gasteiger partial charge is 0.406 e. The summed E-state index contributed by atoms with van der Waals surface area (Å²) >= 11 is 0. The highest BCUT2D eigenvalue weighted by Crippen LogP contribution is 2.47. The third-order valence-corrected chi connectivity index (χ3v) is 8.18. The average molecular weight is 533 g/mol. The number of hydrogen-bond acceptors (Lipinski definition) is 5. The first-order valence-corrected chi connectivity index (χ1v) is 13.1. The number of carbonyl (C=O) groups is 1. The average Bonchev–Trinajstić information content (AvgIpc) is 3.46. The van der Waals surface area contributed by atoms with Crippen molar-refractivity contribution in [2.45, 2.75) is 63.4 Å². The van der Waals surface area contributed by atoms with Gasteiger partial charge in [0.25, 0.3) is 5.69 Å². The van der Waals surface area contributed by atoms with Crippen molar-refractivity contribution in [1.82, 2.24) is 5.32 Å². The Morgan fingerprint density at radius 1 is 1.03 bits per heavy atom. The van der Waals surface area contributed by atoms with Crippen LogP contribution in [0.1, 0.15) is 44.9 Å². The van der Waals surface area contributed by atoms with Gasteiger partial charge >= 0.3 is 12.4 Å². The molecule has 5 rings (SSSR count). The highest BCUT2D eigenvalue weighted by atomic mass is 19.4. The van der Waals surface area contributed by atoms with Gasteiger partial charge in [-0.25, -0.2) is 4.79 Å². The second-order valence-corrected chi connectivity index (χ2v) is 10.6. The normalized spacial score (nSPS) is 26.7. The third kappa shape index (κ3) is 6.14. The summed E-state index contributed by atoms with van der Waals surface area (Å²) in [5.74, 6) is 1.12. The highest BCUT2D eigenvalue weighted by Gasteiger charge is 2.46. The minimum atomic E-state index is -4.76. The number of urea groups is 1. The lowest BCUT2D eigenvalue weighted by Crippen LogP contribution is -2.46. The van der Waals surface area contributed by atoms with Gasteiger partial charge in [0.1, 0.15) is 5.75 Å². The number of carbonyl (C=O) groups excluding carboxylic acids is 1. The Hall–Kier alpha value is -3.50. The Bertz CT molecular complexity index is 1140. The molecule has 3 fully saturated rings. The van der Waals surface area contributed by atoms with Crippen LogP contribution < -0.4 is 20.3 Å². The standard InChI is InChI=1S/C27H31F3N4O4/c28-27(29,30)38-23-11-5-20(6-12-23)31-26(35)32-24-4-2-1-3-18(24)15-19-13-17-14-25(19)33(16-17)21-7-9-22(10-8-21)34(36)37/h5-12,17-19,24-25H,1-4,13-16H2,(H2,31,32,35)/t17-,18+,19-,24-,25-/m1/s1. The molecule has 38 heavy (non-hydrogen) atoms. The molecule has 0 unspecified atom stereocenters. The number of nitrogens with one attached hydrogen (secondary N) is 2. The van der Waals surface area contributed by atoms with Gasteiger partial charge in [-0.2, -0.15) is 0 Å². The summed E-state index contributed by atoms with van der Waals surface area (Å²) < 4.78 is 41.0. The van der Waals surface area contributed by atoms with Gasteiger partial charge in [0, 0.05) is 42.1 Å². The van der Waals surface area contributed by atoms with Gasteiger partial charge in [-0.05, 0) is 86.3 Å². The lowest BCUT2D eigenvalue weighted by atomic mass is 9.77. The molecule has 2 aromatic carbocycles. The predicted molar refractivity (Wildman–Crippen MR) is 136 cm³/mol. The van der Waals surface area contributed by atoms with Crippen LogP contribution in [0, 0.1) is 27.9 Å². The molecule has 1 heterocycles. The summed E-state index contributed by atoms with van der Waals surface area (Å²) in [4.78, 5) is 25.8. The first-order valence-electron chi connectivity index (χ1n) is 13.1. The fourth-order valence-electron chi connectivity index (χ4n) is 6.62. The fraction of sp³-hybridized carbons (Fsp3) is 0.519. The molecule has 2 aliphatic carbocycles. The van der Waals surface area contributed by atoms with Crippen LogP contribution in [0.4, 0.5) is 35.0 Å². The molecule has 8 nitrogen and oxygen atoms in total. The maximum atomic E-state index is 12.7. The zero-order valence-corrected chi connectivity index (χ0v) is 20.8. The van der Waals surface area contributed by atoms with Crippen molar-refractivity contribution < 1.29 is 27.6 Å². The number of benzene rings is 2. The second kappa shape index (κ2) is 10.7. The molecular weight excluding hydrogens is 501 g/mol. The predicted octanol–water partition coefficient (Wildman–Crippen LogP) is 6.48. The van der Waals surface area contributed by atoms with Gasteiger partial charge in [-0.1, -0.05) is 12.8 Å². The number of anilines is 2. The molecule has 0 spiro atoms. The summed E-state index contributed by atoms with van der Waals surface area (Å²) in [6.07, 6.45) is 2.63. The van der Waals surface area contributed by atoms with Crippen LogP contribution in [-0.2, 0) is 0 Å². The fourth-order valence-corrected chi connectivity index (χ4v) is 6.62. The zero-order valence-electron chi connectivity index (χ0n) is 20.8. The number of alkyl halides is 3. The van der Waals surface area contributed by atoms with Crippen LogP contribution in [0.25, 0.3) is 0 Å². The van der Waals surface area contributed by atoms with Crippen LogP contribution in [0.3, 0.4) is 0 Å². The van der Waals surface area contributed by atoms with Crippen LogP contribution in [0.15, 0.2) is 48.5 Å². The second-order valence-electron chi connectivity index (χ2n) is 10.6. The van der Waals surface area contributed by atoms with Crippen molar-refractivity contribution >= 4 is 23.1 Å². The Kier molecular flexibility index (Phi) is 7.36. The number of fused-ring (bicyclic) bond motifs is 2. The van der Waals surface area contributed by atoms with Crippen molar-refractivity contribution in [3.63, 3.8) is 0 Å². The molecule has 1 aliphatic heterocycles. The summed E-state index contributed by atoms with van der Waals surface area (Å²) in [5.41, 5.74) is 1.50. The molecule has 1 saturated heterocycles. The Morgan fingerprint density at radius 3 is 2.39 bits per heavy atom. The Labute approximate surface area is 218 Å². The number of nitro groups is 1. The van der Waals surface area contributed by atoms with Gasteiger partial charge in [-0.3, -0.25) is 10.1 Å². The Balaban J connectivity index is 1.17. The summed E-state index contributed by atoms with van der Waals surface area (Å²) in [6, 6.07) is 11.9. The maximum Gasteiger partial charge on any atom is 0.573 e. The van der Waals surface area contributed by atoms with Crippen LogP contribution in [0.2, 0.25) is 0 Å². The van der Waals surface area contributed by atoms with Gasteiger partial charge in [0.2, 0.25) is 0 Å². The molecule has 5 atom stereocenters. The van der Waals surface area contributed by atoms with E-state index in [-0.39, 0.29) is 28.4 Å². The third-order valence-electron chi connectivity index (χ3n) is 8.18. The molecule has 204 valence electrons. The summed E-state index contributed by atoms with van der Waals surface area (Å²) in [7, 11) is 0. The molecule has 2 N–H and O–H groups in total. The molecule has 0 aromatic heterocycles. The number of ether oxygens (including phenoxy) is 1. The summed E-state index contributed by atoms with van der Waals surface area (Å²) in [5, 5.41) is 16.8.